The summed E-state index contributed by atoms with van der Waals surface area (Å²) in [6, 6.07) is 3.61. The maximum atomic E-state index is 9.52. The van der Waals surface area contributed by atoms with Crippen LogP contribution in [0.4, 0.5) is 0 Å². The Labute approximate surface area is 90.9 Å². The maximum Gasteiger partial charge on any atom is 0.121 e. The minimum absolute atomic E-state index is 0. The summed E-state index contributed by atoms with van der Waals surface area (Å²) >= 11 is 0. The van der Waals surface area contributed by atoms with Crippen LogP contribution < -0.4 is 5.73 Å². The van der Waals surface area contributed by atoms with E-state index in [4.69, 9.17) is 5.73 Å². The third kappa shape index (κ3) is 2.50. The van der Waals surface area contributed by atoms with Gasteiger partial charge in [-0.1, -0.05) is 18.2 Å². The molecule has 3 N–H and O–H groups in total. The molecule has 0 fully saturated rings. The molecule has 0 bridgehead atoms. The molecule has 0 aliphatic carbocycles. The van der Waals surface area contributed by atoms with Gasteiger partial charge < -0.3 is 10.8 Å². The van der Waals surface area contributed by atoms with E-state index in [0.717, 1.165) is 16.7 Å². The van der Waals surface area contributed by atoms with E-state index in [2.05, 4.69) is 6.58 Å². The number of hydrogen-bond donors (Lipinski definition) is 2. The highest BCUT2D eigenvalue weighted by Crippen LogP contribution is 2.25. The van der Waals surface area contributed by atoms with E-state index in [9.17, 15) is 5.11 Å². The Morgan fingerprint density at radius 2 is 1.79 bits per heavy atom. The van der Waals surface area contributed by atoms with E-state index in [0.29, 0.717) is 5.75 Å². The van der Waals surface area contributed by atoms with E-state index >= 15 is 0 Å². The van der Waals surface area contributed by atoms with Crippen molar-refractivity contribution in [2.75, 3.05) is 0 Å². The topological polar surface area (TPSA) is 46.2 Å². The zero-order chi connectivity index (χ0) is 10.0. The minimum atomic E-state index is -0.155. The monoisotopic (exact) mass is 213 g/mol. The molecule has 0 saturated heterocycles. The molecule has 0 radical (unpaired) electrons. The van der Waals surface area contributed by atoms with Crippen molar-refractivity contribution < 1.29 is 5.11 Å². The van der Waals surface area contributed by atoms with Gasteiger partial charge in [0.25, 0.3) is 0 Å². The average Bonchev–Trinajstić information content (AvgIpc) is 2.12. The van der Waals surface area contributed by atoms with Crippen LogP contribution in [0, 0.1) is 13.8 Å². The molecule has 3 heteroatoms. The molecule has 0 heterocycles. The molecule has 0 aliphatic heterocycles. The fraction of sp³-hybridized carbons (Fsp3) is 0.273. The van der Waals surface area contributed by atoms with Crippen LogP contribution in [-0.4, -0.2) is 5.11 Å². The Morgan fingerprint density at radius 1 is 1.36 bits per heavy atom. The fourth-order valence-electron chi connectivity index (χ4n) is 1.32. The predicted molar refractivity (Wildman–Crippen MR) is 62.0 cm³/mol. The number of aromatic hydroxyl groups is 1. The second-order valence-corrected chi connectivity index (χ2v) is 3.26. The first-order chi connectivity index (χ1) is 6.06. The molecule has 0 saturated carbocycles. The van der Waals surface area contributed by atoms with Crippen LogP contribution in [0.15, 0.2) is 24.8 Å². The third-order valence-corrected chi connectivity index (χ3v) is 2.15. The van der Waals surface area contributed by atoms with E-state index in [1.807, 2.05) is 26.0 Å². The van der Waals surface area contributed by atoms with Gasteiger partial charge in [-0.25, -0.2) is 0 Å². The van der Waals surface area contributed by atoms with Crippen molar-refractivity contribution in [1.29, 1.82) is 0 Å². The van der Waals surface area contributed by atoms with Crippen molar-refractivity contribution in [3.8, 4) is 5.75 Å². The van der Waals surface area contributed by atoms with Crippen LogP contribution in [0.3, 0.4) is 0 Å². The Morgan fingerprint density at radius 3 is 2.14 bits per heavy atom. The van der Waals surface area contributed by atoms with E-state index < -0.39 is 0 Å². The van der Waals surface area contributed by atoms with Crippen LogP contribution in [0.25, 0.3) is 0 Å². The molecule has 0 amide bonds. The predicted octanol–water partition coefficient (Wildman–Crippen LogP) is 2.62. The van der Waals surface area contributed by atoms with Gasteiger partial charge in [-0.15, -0.1) is 19.0 Å². The summed E-state index contributed by atoms with van der Waals surface area (Å²) in [6.45, 7) is 7.36. The normalized spacial score (nSPS) is 11.6. The number of nitrogens with two attached hydrogens (primary N) is 1. The number of halogens is 1. The SMILES string of the molecule is C=C[C@H](N)c1cc(C)c(O)c(C)c1.Cl. The van der Waals surface area contributed by atoms with Crippen LogP contribution in [0.2, 0.25) is 0 Å². The first-order valence-corrected chi connectivity index (χ1v) is 4.24. The Balaban J connectivity index is 0.00000169. The Bertz CT molecular complexity index is 313. The summed E-state index contributed by atoms with van der Waals surface area (Å²) in [6.07, 6.45) is 1.69. The zero-order valence-electron chi connectivity index (χ0n) is 8.45. The van der Waals surface area contributed by atoms with Gasteiger partial charge in [0.2, 0.25) is 0 Å². The van der Waals surface area contributed by atoms with E-state index in [1.54, 1.807) is 6.08 Å². The Kier molecular flexibility index (Phi) is 4.68. The first kappa shape index (κ1) is 13.0. The summed E-state index contributed by atoms with van der Waals surface area (Å²) in [5, 5.41) is 9.52. The zero-order valence-corrected chi connectivity index (χ0v) is 9.27. The summed E-state index contributed by atoms with van der Waals surface area (Å²) in [7, 11) is 0. The van der Waals surface area contributed by atoms with Crippen LogP contribution in [-0.2, 0) is 0 Å². The number of phenolic OH excluding ortho intramolecular Hbond substituents is 1. The lowest BCUT2D eigenvalue weighted by Crippen LogP contribution is -2.06. The molecule has 2 nitrogen and oxygen atoms in total. The van der Waals surface area contributed by atoms with Gasteiger partial charge in [-0.05, 0) is 30.5 Å². The van der Waals surface area contributed by atoms with Crippen molar-refractivity contribution in [3.63, 3.8) is 0 Å². The number of aryl methyl sites for hydroxylation is 2. The molecule has 1 aromatic rings. The smallest absolute Gasteiger partial charge is 0.121 e. The molecule has 78 valence electrons. The largest absolute Gasteiger partial charge is 0.507 e. The van der Waals surface area contributed by atoms with Crippen molar-refractivity contribution in [2.24, 2.45) is 5.73 Å². The van der Waals surface area contributed by atoms with Gasteiger partial charge in [0.15, 0.2) is 0 Å². The molecule has 0 aliphatic rings. The maximum absolute atomic E-state index is 9.52. The summed E-state index contributed by atoms with van der Waals surface area (Å²) in [5.41, 5.74) is 8.48. The van der Waals surface area contributed by atoms with Crippen LogP contribution in [0.1, 0.15) is 22.7 Å². The molecule has 1 atom stereocenters. The van der Waals surface area contributed by atoms with Gasteiger partial charge in [-0.2, -0.15) is 0 Å². The average molecular weight is 214 g/mol. The minimum Gasteiger partial charge on any atom is -0.507 e. The molecule has 1 aromatic carbocycles. The molecule has 1 rings (SSSR count). The Hall–Kier alpha value is -0.990. The van der Waals surface area contributed by atoms with Gasteiger partial charge in [0, 0.05) is 6.04 Å². The van der Waals surface area contributed by atoms with Crippen molar-refractivity contribution in [2.45, 2.75) is 19.9 Å². The summed E-state index contributed by atoms with van der Waals surface area (Å²) < 4.78 is 0. The van der Waals surface area contributed by atoms with E-state index in [1.165, 1.54) is 0 Å². The molecule has 14 heavy (non-hydrogen) atoms. The summed E-state index contributed by atoms with van der Waals surface area (Å²) in [4.78, 5) is 0. The molecule has 0 unspecified atom stereocenters. The molecular formula is C11H16ClNO. The number of rotatable bonds is 2. The van der Waals surface area contributed by atoms with Gasteiger partial charge in [-0.3, -0.25) is 0 Å². The molecular weight excluding hydrogens is 198 g/mol. The second-order valence-electron chi connectivity index (χ2n) is 3.26. The van der Waals surface area contributed by atoms with Gasteiger partial charge >= 0.3 is 0 Å². The van der Waals surface area contributed by atoms with Crippen LogP contribution >= 0.6 is 12.4 Å². The number of hydrogen-bond acceptors (Lipinski definition) is 2. The quantitative estimate of drug-likeness (QED) is 0.742. The van der Waals surface area contributed by atoms with Crippen LogP contribution in [0.5, 0.6) is 5.75 Å². The number of phenols is 1. The van der Waals surface area contributed by atoms with Crippen molar-refractivity contribution in [3.05, 3.63) is 41.5 Å². The number of benzene rings is 1. The summed E-state index contributed by atoms with van der Waals surface area (Å²) in [5.74, 6) is 0.347. The molecule has 0 aromatic heterocycles. The van der Waals surface area contributed by atoms with E-state index in [-0.39, 0.29) is 18.4 Å². The lowest BCUT2D eigenvalue weighted by molar-refractivity contribution is 0.466. The lowest BCUT2D eigenvalue weighted by Gasteiger charge is -2.10. The van der Waals surface area contributed by atoms with Gasteiger partial charge in [0.05, 0.1) is 0 Å². The first-order valence-electron chi connectivity index (χ1n) is 4.24. The standard InChI is InChI=1S/C11H15NO.ClH/c1-4-10(12)9-5-7(2)11(13)8(3)6-9;/h4-6,10,13H,1,12H2,2-3H3;1H/t10-;/m0./s1. The van der Waals surface area contributed by atoms with Gasteiger partial charge in [0.1, 0.15) is 5.75 Å². The third-order valence-electron chi connectivity index (χ3n) is 2.15. The highest BCUT2D eigenvalue weighted by atomic mass is 35.5. The van der Waals surface area contributed by atoms with Crippen molar-refractivity contribution in [1.82, 2.24) is 0 Å². The lowest BCUT2D eigenvalue weighted by atomic mass is 10.0. The second kappa shape index (κ2) is 5.03. The fourth-order valence-corrected chi connectivity index (χ4v) is 1.32. The molecule has 0 spiro atoms. The highest BCUT2D eigenvalue weighted by molar-refractivity contribution is 5.85. The highest BCUT2D eigenvalue weighted by Gasteiger charge is 2.06. The van der Waals surface area contributed by atoms with Crippen molar-refractivity contribution >= 4 is 12.4 Å².